The van der Waals surface area contributed by atoms with Crippen LogP contribution in [-0.2, 0) is 15.7 Å². The van der Waals surface area contributed by atoms with Crippen molar-refractivity contribution in [1.29, 1.82) is 0 Å². The van der Waals surface area contributed by atoms with Crippen LogP contribution in [0, 0.1) is 24.0 Å². The molecule has 3 aromatic rings. The van der Waals surface area contributed by atoms with E-state index in [4.69, 9.17) is 18.9 Å². The van der Waals surface area contributed by atoms with Crippen LogP contribution >= 0.6 is 0 Å². The molecule has 2 aliphatic rings. The van der Waals surface area contributed by atoms with Crippen molar-refractivity contribution in [2.24, 2.45) is 5.41 Å². The standard InChI is InChI=1S/C36H38F5NO5/c1-20-11-24(13-26(12-20)36(39,40)41)32-21(2)42(34(43)47-32)18-25-17-35(3,4)10-9-27(25)28-14-22(7-8-31(28)45-6)23-15-29(37)33(30(38)16-23)46-19-44-5/h7-8,11-16,21,32H,9-10,17-19H2,1-6H3/t21-,32-/m0/s1. The third-order valence-electron chi connectivity index (χ3n) is 8.86. The van der Waals surface area contributed by atoms with Crippen LogP contribution in [0.1, 0.15) is 68.4 Å². The van der Waals surface area contributed by atoms with E-state index >= 15 is 0 Å². The number of carbonyl (C=O) groups excluding carboxylic acids is 1. The van der Waals surface area contributed by atoms with E-state index in [1.165, 1.54) is 26.4 Å². The van der Waals surface area contributed by atoms with Crippen molar-refractivity contribution in [2.75, 3.05) is 27.6 Å². The van der Waals surface area contributed by atoms with Gasteiger partial charge in [0, 0.05) is 19.2 Å². The molecule has 6 nitrogen and oxygen atoms in total. The molecule has 0 spiro atoms. The number of amides is 1. The van der Waals surface area contributed by atoms with Gasteiger partial charge in [0.15, 0.2) is 24.2 Å². The molecule has 1 saturated heterocycles. The SMILES string of the molecule is COCOc1c(F)cc(-c2ccc(OC)c(C3=C(CN4C(=O)O[C@H](c5cc(C)cc(C(F)(F)F)c5)[C@@H]4C)CC(C)(C)CC3)c2)cc1F. The third kappa shape index (κ3) is 7.25. The number of methoxy groups -OCH3 is 2. The molecule has 3 aromatic carbocycles. The highest BCUT2D eigenvalue weighted by molar-refractivity contribution is 5.80. The summed E-state index contributed by atoms with van der Waals surface area (Å²) in [7, 11) is 2.88. The summed E-state index contributed by atoms with van der Waals surface area (Å²) in [6.45, 7) is 7.50. The summed E-state index contributed by atoms with van der Waals surface area (Å²) < 4.78 is 91.7. The Kier molecular flexibility index (Phi) is 9.59. The average molecular weight is 660 g/mol. The summed E-state index contributed by atoms with van der Waals surface area (Å²) >= 11 is 0. The van der Waals surface area contributed by atoms with E-state index in [9.17, 15) is 26.7 Å². The summed E-state index contributed by atoms with van der Waals surface area (Å²) in [5.41, 5.74) is 3.25. The smallest absolute Gasteiger partial charge is 0.416 e. The molecule has 1 fully saturated rings. The molecule has 1 aliphatic carbocycles. The molecule has 2 atom stereocenters. The van der Waals surface area contributed by atoms with Gasteiger partial charge in [0.25, 0.3) is 0 Å². The maximum atomic E-state index is 14.9. The van der Waals surface area contributed by atoms with Crippen LogP contribution in [-0.4, -0.2) is 44.6 Å². The first-order valence-corrected chi connectivity index (χ1v) is 15.3. The van der Waals surface area contributed by atoms with E-state index in [1.807, 2.05) is 6.07 Å². The first kappa shape index (κ1) is 34.2. The van der Waals surface area contributed by atoms with E-state index in [0.29, 0.717) is 35.3 Å². The second kappa shape index (κ2) is 13.2. The average Bonchev–Trinajstić information content (AvgIpc) is 3.28. The van der Waals surface area contributed by atoms with Gasteiger partial charge in [-0.05, 0) is 103 Å². The van der Waals surface area contributed by atoms with Crippen molar-refractivity contribution in [3.05, 3.63) is 88.0 Å². The number of rotatable bonds is 9. The summed E-state index contributed by atoms with van der Waals surface area (Å²) in [5, 5.41) is 0. The molecule has 1 aliphatic heterocycles. The summed E-state index contributed by atoms with van der Waals surface area (Å²) in [5.74, 6) is -1.73. The molecule has 0 aromatic heterocycles. The van der Waals surface area contributed by atoms with Crippen molar-refractivity contribution >= 4 is 11.7 Å². The molecule has 0 saturated carbocycles. The minimum Gasteiger partial charge on any atom is -0.496 e. The lowest BCUT2D eigenvalue weighted by Gasteiger charge is -2.36. The highest BCUT2D eigenvalue weighted by Gasteiger charge is 2.42. The number of halogens is 5. The molecule has 11 heteroatoms. The van der Waals surface area contributed by atoms with Crippen LogP contribution in [0.2, 0.25) is 0 Å². The van der Waals surface area contributed by atoms with Gasteiger partial charge in [-0.25, -0.2) is 13.6 Å². The minimum atomic E-state index is -4.54. The largest absolute Gasteiger partial charge is 0.496 e. The molecule has 0 bridgehead atoms. The summed E-state index contributed by atoms with van der Waals surface area (Å²) in [4.78, 5) is 14.8. The number of cyclic esters (lactones) is 1. The number of ether oxygens (including phenoxy) is 4. The summed E-state index contributed by atoms with van der Waals surface area (Å²) in [6, 6.07) is 10.8. The lowest BCUT2D eigenvalue weighted by molar-refractivity contribution is -0.137. The second-order valence-corrected chi connectivity index (χ2v) is 13.0. The number of alkyl halides is 3. The van der Waals surface area contributed by atoms with Gasteiger partial charge in [-0.2, -0.15) is 13.2 Å². The highest BCUT2D eigenvalue weighted by atomic mass is 19.4. The molecule has 0 unspecified atom stereocenters. The number of nitrogens with zero attached hydrogens (tertiary/aromatic N) is 1. The Morgan fingerprint density at radius 3 is 2.34 bits per heavy atom. The third-order valence-corrected chi connectivity index (χ3v) is 8.86. The lowest BCUT2D eigenvalue weighted by atomic mass is 9.72. The molecule has 0 radical (unpaired) electrons. The molecule has 1 amide bonds. The van der Waals surface area contributed by atoms with Crippen LogP contribution in [0.15, 0.2) is 54.1 Å². The quantitative estimate of drug-likeness (QED) is 0.169. The number of hydrogen-bond donors (Lipinski definition) is 0. The number of benzene rings is 3. The molecule has 1 heterocycles. The molecule has 252 valence electrons. The Morgan fingerprint density at radius 2 is 1.70 bits per heavy atom. The van der Waals surface area contributed by atoms with E-state index in [-0.39, 0.29) is 24.3 Å². The zero-order valence-electron chi connectivity index (χ0n) is 27.2. The maximum absolute atomic E-state index is 14.9. The molecule has 5 rings (SSSR count). The van der Waals surface area contributed by atoms with Crippen molar-refractivity contribution in [1.82, 2.24) is 4.90 Å². The van der Waals surface area contributed by atoms with Crippen molar-refractivity contribution in [3.8, 4) is 22.6 Å². The summed E-state index contributed by atoms with van der Waals surface area (Å²) in [6.07, 6.45) is -3.93. The lowest BCUT2D eigenvalue weighted by Crippen LogP contribution is -2.35. The Hall–Kier alpha value is -4.12. The van der Waals surface area contributed by atoms with E-state index in [1.54, 1.807) is 36.9 Å². The van der Waals surface area contributed by atoms with Crippen molar-refractivity contribution in [3.63, 3.8) is 0 Å². The van der Waals surface area contributed by atoms with Crippen molar-refractivity contribution < 1.29 is 45.7 Å². The maximum Gasteiger partial charge on any atom is 0.416 e. The first-order valence-electron chi connectivity index (χ1n) is 15.3. The number of aryl methyl sites for hydroxylation is 1. The van der Waals surface area contributed by atoms with Crippen LogP contribution in [0.5, 0.6) is 11.5 Å². The van der Waals surface area contributed by atoms with Gasteiger partial charge in [0.2, 0.25) is 0 Å². The highest BCUT2D eigenvalue weighted by Crippen LogP contribution is 2.47. The predicted octanol–water partition coefficient (Wildman–Crippen LogP) is 9.50. The predicted molar refractivity (Wildman–Crippen MR) is 167 cm³/mol. The number of allylic oxidation sites excluding steroid dienone is 1. The van der Waals surface area contributed by atoms with E-state index in [0.717, 1.165) is 35.3 Å². The Labute approximate surface area is 271 Å². The van der Waals surface area contributed by atoms with E-state index < -0.39 is 47.4 Å². The van der Waals surface area contributed by atoms with Gasteiger partial charge in [0.05, 0.1) is 18.7 Å². The van der Waals surface area contributed by atoms with Gasteiger partial charge in [-0.3, -0.25) is 4.90 Å². The normalized spacial score (nSPS) is 19.6. The Bertz CT molecular complexity index is 1680. The molecular weight excluding hydrogens is 621 g/mol. The zero-order valence-corrected chi connectivity index (χ0v) is 27.2. The second-order valence-electron chi connectivity index (χ2n) is 13.0. The molecule has 0 N–H and O–H groups in total. The van der Waals surface area contributed by atoms with Gasteiger partial charge < -0.3 is 18.9 Å². The fraction of sp³-hybridized carbons (Fsp3) is 0.417. The van der Waals surface area contributed by atoms with Crippen LogP contribution in [0.4, 0.5) is 26.7 Å². The van der Waals surface area contributed by atoms with Gasteiger partial charge in [-0.15, -0.1) is 0 Å². The Morgan fingerprint density at radius 1 is 1.00 bits per heavy atom. The molecular formula is C36H38F5NO5. The van der Waals surface area contributed by atoms with Crippen LogP contribution in [0.25, 0.3) is 16.7 Å². The fourth-order valence-corrected chi connectivity index (χ4v) is 6.50. The van der Waals surface area contributed by atoms with Gasteiger partial charge >= 0.3 is 12.3 Å². The number of carbonyl (C=O) groups is 1. The topological polar surface area (TPSA) is 57.2 Å². The van der Waals surface area contributed by atoms with Crippen LogP contribution in [0.3, 0.4) is 0 Å². The van der Waals surface area contributed by atoms with Crippen molar-refractivity contribution in [2.45, 2.75) is 65.3 Å². The fourth-order valence-electron chi connectivity index (χ4n) is 6.50. The monoisotopic (exact) mass is 659 g/mol. The molecule has 47 heavy (non-hydrogen) atoms. The minimum absolute atomic E-state index is 0.0988. The first-order chi connectivity index (χ1) is 22.1. The van der Waals surface area contributed by atoms with Gasteiger partial charge in [-0.1, -0.05) is 31.5 Å². The zero-order chi connectivity index (χ0) is 34.3. The Balaban J connectivity index is 1.52. The number of hydrogen-bond acceptors (Lipinski definition) is 5. The van der Waals surface area contributed by atoms with Crippen LogP contribution < -0.4 is 9.47 Å². The van der Waals surface area contributed by atoms with E-state index in [2.05, 4.69) is 13.8 Å². The van der Waals surface area contributed by atoms with Gasteiger partial charge in [0.1, 0.15) is 11.9 Å².